The van der Waals surface area contributed by atoms with E-state index in [2.05, 4.69) is 42.0 Å². The lowest BCUT2D eigenvalue weighted by atomic mass is 9.94. The Labute approximate surface area is 116 Å². The summed E-state index contributed by atoms with van der Waals surface area (Å²) in [6.45, 7) is 6.71. The van der Waals surface area contributed by atoms with E-state index in [0.717, 1.165) is 19.6 Å². The number of likely N-dealkylation sites (tertiary alicyclic amines) is 1. The molecule has 0 aliphatic carbocycles. The van der Waals surface area contributed by atoms with Crippen molar-refractivity contribution in [1.29, 1.82) is 0 Å². The summed E-state index contributed by atoms with van der Waals surface area (Å²) in [4.78, 5) is 4.85. The highest BCUT2D eigenvalue weighted by Gasteiger charge is 2.23. The Bertz CT molecular complexity index is 457. The van der Waals surface area contributed by atoms with Crippen molar-refractivity contribution in [2.24, 2.45) is 11.7 Å². The summed E-state index contributed by atoms with van der Waals surface area (Å²) in [6, 6.07) is 7.30. The van der Waals surface area contributed by atoms with Gasteiger partial charge in [0.05, 0.1) is 0 Å². The maximum Gasteiger partial charge on any atom is 0.0397 e. The number of nitrogens with two attached hydrogens (primary N) is 1. The first-order valence-corrected chi connectivity index (χ1v) is 7.44. The zero-order valence-corrected chi connectivity index (χ0v) is 12.1. The van der Waals surface area contributed by atoms with Crippen LogP contribution in [0, 0.1) is 5.92 Å². The van der Waals surface area contributed by atoms with Gasteiger partial charge in [-0.1, -0.05) is 19.1 Å². The van der Waals surface area contributed by atoms with Gasteiger partial charge < -0.3 is 10.6 Å². The molecule has 1 aromatic rings. The molecule has 2 N–H and O–H groups in total. The standard InChI is InChI=1S/C16H25N3/c1-12-5-8-19(11-15(12)17)10-13-3-4-16-14(9-13)6-7-18(16)2/h3-4,9,12,15H,5-8,10-11,17H2,1-2H3. The van der Waals surface area contributed by atoms with Gasteiger partial charge in [-0.15, -0.1) is 0 Å². The number of anilines is 1. The highest BCUT2D eigenvalue weighted by molar-refractivity contribution is 5.58. The van der Waals surface area contributed by atoms with Crippen molar-refractivity contribution in [3.05, 3.63) is 29.3 Å². The van der Waals surface area contributed by atoms with Crippen LogP contribution in [0.15, 0.2) is 18.2 Å². The number of rotatable bonds is 2. The van der Waals surface area contributed by atoms with Gasteiger partial charge in [-0.2, -0.15) is 0 Å². The molecule has 3 rings (SSSR count). The van der Waals surface area contributed by atoms with Crippen LogP contribution in [0.5, 0.6) is 0 Å². The number of nitrogens with zero attached hydrogens (tertiary/aromatic N) is 2. The number of fused-ring (bicyclic) bond motifs is 1. The van der Waals surface area contributed by atoms with Gasteiger partial charge in [-0.05, 0) is 42.5 Å². The molecule has 0 radical (unpaired) electrons. The van der Waals surface area contributed by atoms with Crippen LogP contribution in [0.4, 0.5) is 5.69 Å². The smallest absolute Gasteiger partial charge is 0.0397 e. The SMILES string of the molecule is CC1CCN(Cc2ccc3c(c2)CCN3C)CC1N. The van der Waals surface area contributed by atoms with Crippen LogP contribution >= 0.6 is 0 Å². The first-order valence-electron chi connectivity index (χ1n) is 7.44. The fraction of sp³-hybridized carbons (Fsp3) is 0.625. The molecule has 2 unspecified atom stereocenters. The molecule has 0 amide bonds. The Morgan fingerprint density at radius 2 is 2.16 bits per heavy atom. The van der Waals surface area contributed by atoms with Crippen molar-refractivity contribution < 1.29 is 0 Å². The summed E-state index contributed by atoms with van der Waals surface area (Å²) in [5.74, 6) is 0.671. The van der Waals surface area contributed by atoms with E-state index < -0.39 is 0 Å². The molecule has 1 aromatic carbocycles. The van der Waals surface area contributed by atoms with Crippen molar-refractivity contribution in [2.45, 2.75) is 32.4 Å². The van der Waals surface area contributed by atoms with Crippen molar-refractivity contribution >= 4 is 5.69 Å². The Balaban J connectivity index is 1.68. The predicted octanol–water partition coefficient (Wildman–Crippen LogP) is 1.85. The zero-order chi connectivity index (χ0) is 13.4. The predicted molar refractivity (Wildman–Crippen MR) is 80.4 cm³/mol. The second-order valence-electron chi connectivity index (χ2n) is 6.30. The minimum atomic E-state index is 0.342. The van der Waals surface area contributed by atoms with Crippen LogP contribution in [0.1, 0.15) is 24.5 Å². The van der Waals surface area contributed by atoms with Gasteiger partial charge in [0.25, 0.3) is 0 Å². The average Bonchev–Trinajstić information content (AvgIpc) is 2.75. The first-order chi connectivity index (χ1) is 9.13. The molecule has 0 saturated carbocycles. The minimum Gasteiger partial charge on any atom is -0.374 e. The molecule has 104 valence electrons. The molecule has 19 heavy (non-hydrogen) atoms. The fourth-order valence-corrected chi connectivity index (χ4v) is 3.29. The highest BCUT2D eigenvalue weighted by Crippen LogP contribution is 2.28. The van der Waals surface area contributed by atoms with E-state index in [1.807, 2.05) is 0 Å². The molecule has 3 heteroatoms. The van der Waals surface area contributed by atoms with Crippen molar-refractivity contribution in [3.63, 3.8) is 0 Å². The van der Waals surface area contributed by atoms with E-state index in [0.29, 0.717) is 12.0 Å². The van der Waals surface area contributed by atoms with E-state index in [9.17, 15) is 0 Å². The van der Waals surface area contributed by atoms with Crippen LogP contribution in [-0.2, 0) is 13.0 Å². The van der Waals surface area contributed by atoms with Crippen LogP contribution in [-0.4, -0.2) is 37.6 Å². The number of likely N-dealkylation sites (N-methyl/N-ethyl adjacent to an activating group) is 1. The van der Waals surface area contributed by atoms with E-state index in [1.54, 1.807) is 0 Å². The monoisotopic (exact) mass is 259 g/mol. The van der Waals surface area contributed by atoms with Gasteiger partial charge in [-0.25, -0.2) is 0 Å². The van der Waals surface area contributed by atoms with Crippen LogP contribution in [0.2, 0.25) is 0 Å². The molecule has 2 heterocycles. The fourth-order valence-electron chi connectivity index (χ4n) is 3.29. The van der Waals surface area contributed by atoms with Gasteiger partial charge in [-0.3, -0.25) is 4.90 Å². The summed E-state index contributed by atoms with van der Waals surface area (Å²) in [7, 11) is 2.18. The van der Waals surface area contributed by atoms with Crippen LogP contribution in [0.3, 0.4) is 0 Å². The lowest BCUT2D eigenvalue weighted by molar-refractivity contribution is 0.162. The molecule has 0 spiro atoms. The summed E-state index contributed by atoms with van der Waals surface area (Å²) in [5.41, 5.74) is 10.5. The summed E-state index contributed by atoms with van der Waals surface area (Å²) in [5, 5.41) is 0. The van der Waals surface area contributed by atoms with Gasteiger partial charge in [0.1, 0.15) is 0 Å². The molecule has 2 aliphatic rings. The van der Waals surface area contributed by atoms with E-state index in [-0.39, 0.29) is 0 Å². The zero-order valence-electron chi connectivity index (χ0n) is 12.1. The Kier molecular flexibility index (Phi) is 3.50. The summed E-state index contributed by atoms with van der Waals surface area (Å²) in [6.07, 6.45) is 2.42. The largest absolute Gasteiger partial charge is 0.374 e. The van der Waals surface area contributed by atoms with E-state index >= 15 is 0 Å². The summed E-state index contributed by atoms with van der Waals surface area (Å²) >= 11 is 0. The quantitative estimate of drug-likeness (QED) is 0.880. The normalized spacial score (nSPS) is 27.6. The Hall–Kier alpha value is -1.06. The van der Waals surface area contributed by atoms with E-state index in [1.165, 1.54) is 36.2 Å². The lowest BCUT2D eigenvalue weighted by Crippen LogP contribution is -2.47. The second kappa shape index (κ2) is 5.14. The molecule has 1 saturated heterocycles. The molecule has 0 aromatic heterocycles. The third-order valence-corrected chi connectivity index (χ3v) is 4.78. The van der Waals surface area contributed by atoms with Crippen LogP contribution in [0.25, 0.3) is 0 Å². The topological polar surface area (TPSA) is 32.5 Å². The average molecular weight is 259 g/mol. The molecule has 0 bridgehead atoms. The van der Waals surface area contributed by atoms with Gasteiger partial charge in [0.2, 0.25) is 0 Å². The number of hydrogen-bond acceptors (Lipinski definition) is 3. The first kappa shape index (κ1) is 12.9. The number of benzene rings is 1. The van der Waals surface area contributed by atoms with Crippen molar-refractivity contribution in [3.8, 4) is 0 Å². The lowest BCUT2D eigenvalue weighted by Gasteiger charge is -2.35. The van der Waals surface area contributed by atoms with Crippen LogP contribution < -0.4 is 10.6 Å². The molecular formula is C16H25N3. The maximum atomic E-state index is 6.18. The van der Waals surface area contributed by atoms with Gasteiger partial charge in [0, 0.05) is 38.4 Å². The molecule has 3 nitrogen and oxygen atoms in total. The molecule has 2 aliphatic heterocycles. The number of hydrogen-bond donors (Lipinski definition) is 1. The Morgan fingerprint density at radius 3 is 2.95 bits per heavy atom. The molecular weight excluding hydrogens is 234 g/mol. The van der Waals surface area contributed by atoms with Crippen molar-refractivity contribution in [1.82, 2.24) is 4.90 Å². The third-order valence-electron chi connectivity index (χ3n) is 4.78. The second-order valence-corrected chi connectivity index (χ2v) is 6.30. The van der Waals surface area contributed by atoms with E-state index in [4.69, 9.17) is 5.73 Å². The molecule has 2 atom stereocenters. The minimum absolute atomic E-state index is 0.342. The third kappa shape index (κ3) is 2.63. The summed E-state index contributed by atoms with van der Waals surface area (Å²) < 4.78 is 0. The maximum absolute atomic E-state index is 6.18. The Morgan fingerprint density at radius 1 is 1.32 bits per heavy atom. The van der Waals surface area contributed by atoms with Gasteiger partial charge in [0.15, 0.2) is 0 Å². The number of piperidine rings is 1. The van der Waals surface area contributed by atoms with Crippen molar-refractivity contribution in [2.75, 3.05) is 31.6 Å². The molecule has 1 fully saturated rings. The highest BCUT2D eigenvalue weighted by atomic mass is 15.1. The van der Waals surface area contributed by atoms with Gasteiger partial charge >= 0.3 is 0 Å².